The first-order valence-electron chi connectivity index (χ1n) is 6.93. The average molecular weight is 348 g/mol. The standard InChI is InChI=1S/C14H21N3O3S.ClH/c1-15-13-4-3-9-17(10-13)14(18)11-5-7-12(8-6-11)16-21(2,19)20;/h5-8,13,15-16H,3-4,9-10H2,1-2H3;1H. The third-order valence-electron chi connectivity index (χ3n) is 3.55. The van der Waals surface area contributed by atoms with Gasteiger partial charge in [0.2, 0.25) is 10.0 Å². The van der Waals surface area contributed by atoms with Crippen LogP contribution in [0, 0.1) is 0 Å². The molecule has 0 bridgehead atoms. The molecule has 0 saturated carbocycles. The highest BCUT2D eigenvalue weighted by Crippen LogP contribution is 2.16. The Hall–Kier alpha value is -1.31. The number of carbonyl (C=O) groups is 1. The molecular weight excluding hydrogens is 326 g/mol. The SMILES string of the molecule is CNC1CCCN(C(=O)c2ccc(NS(C)(=O)=O)cc2)C1.Cl. The Labute approximate surface area is 137 Å². The zero-order chi connectivity index (χ0) is 15.5. The molecule has 8 heteroatoms. The molecule has 124 valence electrons. The van der Waals surface area contributed by atoms with Crippen molar-refractivity contribution in [2.75, 3.05) is 31.1 Å². The van der Waals surface area contributed by atoms with E-state index >= 15 is 0 Å². The van der Waals surface area contributed by atoms with Crippen molar-refractivity contribution in [1.82, 2.24) is 10.2 Å². The maximum Gasteiger partial charge on any atom is 0.253 e. The second-order valence-electron chi connectivity index (χ2n) is 5.33. The van der Waals surface area contributed by atoms with E-state index in [1.54, 1.807) is 24.3 Å². The van der Waals surface area contributed by atoms with Gasteiger partial charge in [0.1, 0.15) is 0 Å². The number of hydrogen-bond acceptors (Lipinski definition) is 4. The molecule has 0 spiro atoms. The number of amides is 1. The first-order valence-corrected chi connectivity index (χ1v) is 8.82. The summed E-state index contributed by atoms with van der Waals surface area (Å²) >= 11 is 0. The monoisotopic (exact) mass is 347 g/mol. The Morgan fingerprint density at radius 3 is 2.45 bits per heavy atom. The number of hydrogen-bond donors (Lipinski definition) is 2. The lowest BCUT2D eigenvalue weighted by molar-refractivity contribution is 0.0698. The molecule has 2 N–H and O–H groups in total. The van der Waals surface area contributed by atoms with Crippen molar-refractivity contribution >= 4 is 34.0 Å². The van der Waals surface area contributed by atoms with Crippen molar-refractivity contribution in [3.63, 3.8) is 0 Å². The van der Waals surface area contributed by atoms with Gasteiger partial charge < -0.3 is 10.2 Å². The van der Waals surface area contributed by atoms with Crippen molar-refractivity contribution in [3.05, 3.63) is 29.8 Å². The summed E-state index contributed by atoms with van der Waals surface area (Å²) in [6, 6.07) is 6.85. The predicted molar refractivity (Wildman–Crippen MR) is 90.1 cm³/mol. The highest BCUT2D eigenvalue weighted by atomic mass is 35.5. The number of likely N-dealkylation sites (N-methyl/N-ethyl adjacent to an activating group) is 1. The summed E-state index contributed by atoms with van der Waals surface area (Å²) in [6.45, 7) is 1.47. The highest BCUT2D eigenvalue weighted by molar-refractivity contribution is 7.92. The second-order valence-corrected chi connectivity index (χ2v) is 7.08. The number of anilines is 1. The van der Waals surface area contributed by atoms with Crippen molar-refractivity contribution in [3.8, 4) is 0 Å². The van der Waals surface area contributed by atoms with Crippen LogP contribution in [0.3, 0.4) is 0 Å². The van der Waals surface area contributed by atoms with Crippen LogP contribution in [-0.4, -0.2) is 51.7 Å². The molecule has 1 aliphatic heterocycles. The molecule has 1 aromatic rings. The molecule has 1 heterocycles. The van der Waals surface area contributed by atoms with Gasteiger partial charge in [-0.25, -0.2) is 8.42 Å². The van der Waals surface area contributed by atoms with E-state index in [4.69, 9.17) is 0 Å². The van der Waals surface area contributed by atoms with Gasteiger partial charge in [-0.15, -0.1) is 12.4 Å². The minimum Gasteiger partial charge on any atom is -0.337 e. The number of piperidine rings is 1. The Balaban J connectivity index is 0.00000242. The van der Waals surface area contributed by atoms with Crippen LogP contribution in [0.5, 0.6) is 0 Å². The van der Waals surface area contributed by atoms with E-state index in [9.17, 15) is 13.2 Å². The van der Waals surface area contributed by atoms with Crippen LogP contribution in [0.2, 0.25) is 0 Å². The minimum absolute atomic E-state index is 0. The lowest BCUT2D eigenvalue weighted by Gasteiger charge is -2.32. The molecule has 6 nitrogen and oxygen atoms in total. The number of sulfonamides is 1. The zero-order valence-corrected chi connectivity index (χ0v) is 14.3. The number of carbonyl (C=O) groups excluding carboxylic acids is 1. The molecule has 0 radical (unpaired) electrons. The molecule has 22 heavy (non-hydrogen) atoms. The molecule has 1 amide bonds. The zero-order valence-electron chi connectivity index (χ0n) is 12.7. The summed E-state index contributed by atoms with van der Waals surface area (Å²) in [6.07, 6.45) is 3.17. The maximum absolute atomic E-state index is 12.4. The summed E-state index contributed by atoms with van der Waals surface area (Å²) in [4.78, 5) is 14.3. The maximum atomic E-state index is 12.4. The highest BCUT2D eigenvalue weighted by Gasteiger charge is 2.23. The Morgan fingerprint density at radius 1 is 1.27 bits per heavy atom. The summed E-state index contributed by atoms with van der Waals surface area (Å²) in [7, 11) is -1.39. The van der Waals surface area contributed by atoms with Crippen molar-refractivity contribution in [1.29, 1.82) is 0 Å². The number of benzene rings is 1. The van der Waals surface area contributed by atoms with Crippen LogP contribution in [0.1, 0.15) is 23.2 Å². The van der Waals surface area contributed by atoms with Crippen LogP contribution in [0.25, 0.3) is 0 Å². The fraction of sp³-hybridized carbons (Fsp3) is 0.500. The Kier molecular flexibility index (Phi) is 6.65. The van der Waals surface area contributed by atoms with Crippen LogP contribution in [0.15, 0.2) is 24.3 Å². The Bertz CT molecular complexity index is 604. The van der Waals surface area contributed by atoms with Gasteiger partial charge in [-0.05, 0) is 44.2 Å². The van der Waals surface area contributed by atoms with E-state index in [0.29, 0.717) is 23.8 Å². The van der Waals surface area contributed by atoms with E-state index in [1.165, 1.54) is 0 Å². The van der Waals surface area contributed by atoms with E-state index < -0.39 is 10.0 Å². The molecule has 2 rings (SSSR count). The molecular formula is C14H22ClN3O3S. The molecule has 1 atom stereocenters. The second kappa shape index (κ2) is 7.80. The van der Waals surface area contributed by atoms with Gasteiger partial charge in [0.15, 0.2) is 0 Å². The topological polar surface area (TPSA) is 78.5 Å². The van der Waals surface area contributed by atoms with Gasteiger partial charge in [0.05, 0.1) is 6.26 Å². The predicted octanol–water partition coefficient (Wildman–Crippen LogP) is 1.30. The lowest BCUT2D eigenvalue weighted by Crippen LogP contribution is -2.46. The van der Waals surface area contributed by atoms with E-state index in [1.807, 2.05) is 11.9 Å². The number of likely N-dealkylation sites (tertiary alicyclic amines) is 1. The van der Waals surface area contributed by atoms with E-state index in [-0.39, 0.29) is 18.3 Å². The van der Waals surface area contributed by atoms with Gasteiger partial charge >= 0.3 is 0 Å². The third-order valence-corrected chi connectivity index (χ3v) is 4.16. The summed E-state index contributed by atoms with van der Waals surface area (Å²) < 4.78 is 24.7. The number of nitrogens with one attached hydrogen (secondary N) is 2. The van der Waals surface area contributed by atoms with Crippen LogP contribution < -0.4 is 10.0 Å². The largest absolute Gasteiger partial charge is 0.337 e. The summed E-state index contributed by atoms with van der Waals surface area (Å²) in [5.74, 6) is -0.0131. The molecule has 0 aliphatic carbocycles. The average Bonchev–Trinajstić information content (AvgIpc) is 2.46. The first-order chi connectivity index (χ1) is 9.89. The van der Waals surface area contributed by atoms with Gasteiger partial charge in [0, 0.05) is 30.4 Å². The molecule has 0 aromatic heterocycles. The number of halogens is 1. The van der Waals surface area contributed by atoms with Crippen LogP contribution in [-0.2, 0) is 10.0 Å². The van der Waals surface area contributed by atoms with Crippen LogP contribution >= 0.6 is 12.4 Å². The van der Waals surface area contributed by atoms with Gasteiger partial charge in [0.25, 0.3) is 5.91 Å². The van der Waals surface area contributed by atoms with E-state index in [0.717, 1.165) is 25.6 Å². The van der Waals surface area contributed by atoms with Crippen molar-refractivity contribution in [2.45, 2.75) is 18.9 Å². The summed E-state index contributed by atoms with van der Waals surface area (Å²) in [5, 5.41) is 3.20. The summed E-state index contributed by atoms with van der Waals surface area (Å²) in [5.41, 5.74) is 1.03. The Morgan fingerprint density at radius 2 is 1.91 bits per heavy atom. The molecule has 1 aliphatic rings. The smallest absolute Gasteiger partial charge is 0.253 e. The first kappa shape index (κ1) is 18.7. The molecule has 1 fully saturated rings. The van der Waals surface area contributed by atoms with Crippen LogP contribution in [0.4, 0.5) is 5.69 Å². The number of nitrogens with zero attached hydrogens (tertiary/aromatic N) is 1. The molecule has 1 aromatic carbocycles. The quantitative estimate of drug-likeness (QED) is 0.860. The van der Waals surface area contributed by atoms with Gasteiger partial charge in [-0.1, -0.05) is 0 Å². The number of rotatable bonds is 4. The lowest BCUT2D eigenvalue weighted by atomic mass is 10.0. The van der Waals surface area contributed by atoms with Gasteiger partial charge in [-0.2, -0.15) is 0 Å². The van der Waals surface area contributed by atoms with Crippen molar-refractivity contribution in [2.24, 2.45) is 0 Å². The minimum atomic E-state index is -3.30. The normalized spacial score (nSPS) is 18.5. The van der Waals surface area contributed by atoms with Crippen molar-refractivity contribution < 1.29 is 13.2 Å². The molecule has 1 unspecified atom stereocenters. The third kappa shape index (κ3) is 5.15. The molecule has 1 saturated heterocycles. The van der Waals surface area contributed by atoms with E-state index in [2.05, 4.69) is 10.0 Å². The fourth-order valence-electron chi connectivity index (χ4n) is 2.47. The fourth-order valence-corrected chi connectivity index (χ4v) is 3.04. The van der Waals surface area contributed by atoms with Gasteiger partial charge in [-0.3, -0.25) is 9.52 Å².